The molecule has 5 nitrogen and oxygen atoms in total. The van der Waals surface area contributed by atoms with E-state index in [9.17, 15) is 4.79 Å². The Kier molecular flexibility index (Phi) is 2.83. The molecule has 2 rings (SSSR count). The van der Waals surface area contributed by atoms with E-state index in [-0.39, 0.29) is 0 Å². The van der Waals surface area contributed by atoms with Gasteiger partial charge in [0.25, 0.3) is 0 Å². The number of carbonyl (C=O) groups excluding carboxylic acids is 1. The second-order valence-corrected chi connectivity index (χ2v) is 2.93. The normalized spacial score (nSPS) is 9.56. The van der Waals surface area contributed by atoms with Gasteiger partial charge in [0.1, 0.15) is 17.7 Å². The summed E-state index contributed by atoms with van der Waals surface area (Å²) in [5.74, 6) is 4.48. The van der Waals surface area contributed by atoms with Crippen LogP contribution in [0.5, 0.6) is 0 Å². The molecule has 5 heteroatoms. The Morgan fingerprint density at radius 2 is 2.44 bits per heavy atom. The summed E-state index contributed by atoms with van der Waals surface area (Å²) in [6.45, 7) is 2.05. The molecule has 80 valence electrons. The van der Waals surface area contributed by atoms with Gasteiger partial charge >= 0.3 is 5.97 Å². The number of rotatable bonds is 1. The molecule has 0 radical (unpaired) electrons. The number of hydrogen-bond acceptors (Lipinski definition) is 4. The third kappa shape index (κ3) is 2.01. The molecule has 0 aromatic carbocycles. The molecule has 1 N–H and O–H groups in total. The van der Waals surface area contributed by atoms with Gasteiger partial charge in [-0.05, 0) is 18.9 Å². The molecule has 0 unspecified atom stereocenters. The number of H-pyrrole nitrogens is 1. The fourth-order valence-electron chi connectivity index (χ4n) is 1.25. The molecule has 16 heavy (non-hydrogen) atoms. The minimum atomic E-state index is -0.551. The molecular formula is C11H9N3O2. The van der Waals surface area contributed by atoms with Gasteiger partial charge in [0.15, 0.2) is 0 Å². The summed E-state index contributed by atoms with van der Waals surface area (Å²) in [6.07, 6.45) is 3.14. The predicted molar refractivity (Wildman–Crippen MR) is 57.4 cm³/mol. The number of nitrogens with zero attached hydrogens (tertiary/aromatic N) is 2. The van der Waals surface area contributed by atoms with E-state index in [1.54, 1.807) is 13.1 Å². The molecule has 0 atom stereocenters. The Morgan fingerprint density at radius 1 is 1.56 bits per heavy atom. The van der Waals surface area contributed by atoms with Crippen molar-refractivity contribution in [2.45, 2.75) is 6.92 Å². The van der Waals surface area contributed by atoms with Crippen LogP contribution in [0.4, 0.5) is 0 Å². The van der Waals surface area contributed by atoms with Crippen LogP contribution in [-0.4, -0.2) is 27.5 Å². The molecule has 0 spiro atoms. The lowest BCUT2D eigenvalue weighted by Gasteiger charge is -1.92. The van der Waals surface area contributed by atoms with Crippen molar-refractivity contribution < 1.29 is 9.53 Å². The number of carbonyl (C=O) groups is 1. The van der Waals surface area contributed by atoms with Crippen molar-refractivity contribution in [2.75, 3.05) is 6.61 Å². The number of aromatic amines is 1. The Morgan fingerprint density at radius 3 is 3.25 bits per heavy atom. The molecule has 0 aliphatic rings. The zero-order chi connectivity index (χ0) is 11.4. The van der Waals surface area contributed by atoms with Crippen molar-refractivity contribution in [3.05, 3.63) is 24.3 Å². The largest absolute Gasteiger partial charge is 0.456 e. The summed E-state index contributed by atoms with van der Waals surface area (Å²) < 4.78 is 4.69. The highest BCUT2D eigenvalue weighted by atomic mass is 16.5. The molecule has 2 heterocycles. The Labute approximate surface area is 91.9 Å². The second-order valence-electron chi connectivity index (χ2n) is 2.93. The van der Waals surface area contributed by atoms with Crippen molar-refractivity contribution in [2.24, 2.45) is 0 Å². The first-order valence-electron chi connectivity index (χ1n) is 4.78. The minimum Gasteiger partial charge on any atom is -0.456 e. The Hall–Kier alpha value is -2.35. The van der Waals surface area contributed by atoms with Crippen molar-refractivity contribution >= 4 is 17.0 Å². The van der Waals surface area contributed by atoms with Crippen LogP contribution in [0.3, 0.4) is 0 Å². The van der Waals surface area contributed by atoms with E-state index in [2.05, 4.69) is 26.8 Å². The minimum absolute atomic E-state index is 0.316. The van der Waals surface area contributed by atoms with Crippen molar-refractivity contribution in [3.63, 3.8) is 0 Å². The van der Waals surface area contributed by atoms with E-state index in [1.807, 2.05) is 6.07 Å². The van der Waals surface area contributed by atoms with E-state index < -0.39 is 5.97 Å². The first-order valence-corrected chi connectivity index (χ1v) is 4.78. The average Bonchev–Trinajstić information content (AvgIpc) is 2.75. The predicted octanol–water partition coefficient (Wildman–Crippen LogP) is 0.873. The van der Waals surface area contributed by atoms with Crippen LogP contribution in [0.2, 0.25) is 0 Å². The Bertz CT molecular complexity index is 577. The first kappa shape index (κ1) is 10.2. The van der Waals surface area contributed by atoms with Gasteiger partial charge in [-0.25, -0.2) is 14.8 Å². The van der Waals surface area contributed by atoms with E-state index in [0.29, 0.717) is 17.9 Å². The molecule has 0 fully saturated rings. The van der Waals surface area contributed by atoms with Gasteiger partial charge in [-0.15, -0.1) is 0 Å². The van der Waals surface area contributed by atoms with Gasteiger partial charge in [0, 0.05) is 12.1 Å². The van der Waals surface area contributed by atoms with Crippen LogP contribution in [0.25, 0.3) is 11.0 Å². The number of fused-ring (bicyclic) bond motifs is 1. The van der Waals surface area contributed by atoms with Crippen LogP contribution < -0.4 is 0 Å². The third-order valence-electron chi connectivity index (χ3n) is 1.91. The van der Waals surface area contributed by atoms with E-state index in [1.165, 1.54) is 6.33 Å². The van der Waals surface area contributed by atoms with Gasteiger partial charge in [-0.2, -0.15) is 0 Å². The molecule has 0 aliphatic heterocycles. The van der Waals surface area contributed by atoms with E-state index in [0.717, 1.165) is 5.39 Å². The lowest BCUT2D eigenvalue weighted by Crippen LogP contribution is -1.99. The van der Waals surface area contributed by atoms with Crippen LogP contribution in [0.1, 0.15) is 12.6 Å². The van der Waals surface area contributed by atoms with E-state index in [4.69, 9.17) is 4.74 Å². The van der Waals surface area contributed by atoms with Crippen LogP contribution in [0.15, 0.2) is 18.6 Å². The number of hydrogen-bond donors (Lipinski definition) is 1. The van der Waals surface area contributed by atoms with Gasteiger partial charge < -0.3 is 9.72 Å². The highest BCUT2D eigenvalue weighted by Crippen LogP contribution is 2.10. The molecule has 0 aliphatic carbocycles. The molecule has 0 bridgehead atoms. The summed E-state index contributed by atoms with van der Waals surface area (Å²) >= 11 is 0. The maximum absolute atomic E-state index is 11.0. The molecule has 0 saturated heterocycles. The lowest BCUT2D eigenvalue weighted by molar-refractivity contribution is -0.136. The summed E-state index contributed by atoms with van der Waals surface area (Å²) in [6, 6.07) is 1.81. The maximum Gasteiger partial charge on any atom is 0.384 e. The number of esters is 1. The number of nitrogens with one attached hydrogen (secondary N) is 1. The number of ether oxygens (including phenoxy) is 1. The highest BCUT2D eigenvalue weighted by Gasteiger charge is 2.01. The maximum atomic E-state index is 11.0. The van der Waals surface area contributed by atoms with Gasteiger partial charge in [-0.3, -0.25) is 0 Å². The Balaban J connectivity index is 2.33. The van der Waals surface area contributed by atoms with Crippen LogP contribution in [-0.2, 0) is 9.53 Å². The second kappa shape index (κ2) is 4.45. The molecule has 2 aromatic heterocycles. The van der Waals surface area contributed by atoms with Gasteiger partial charge in [0.05, 0.1) is 12.0 Å². The zero-order valence-corrected chi connectivity index (χ0v) is 8.65. The lowest BCUT2D eigenvalue weighted by atomic mass is 10.3. The summed E-state index contributed by atoms with van der Waals surface area (Å²) in [4.78, 5) is 22.0. The van der Waals surface area contributed by atoms with Gasteiger partial charge in [0.2, 0.25) is 0 Å². The number of aromatic nitrogens is 3. The van der Waals surface area contributed by atoms with Crippen LogP contribution in [0, 0.1) is 11.8 Å². The topological polar surface area (TPSA) is 67.9 Å². The average molecular weight is 215 g/mol. The van der Waals surface area contributed by atoms with Crippen LogP contribution >= 0.6 is 0 Å². The SMILES string of the molecule is CCOC(=O)C#Cc1ncnc2[nH]ccc12. The van der Waals surface area contributed by atoms with Crippen molar-refractivity contribution in [1.29, 1.82) is 0 Å². The quantitative estimate of drug-likeness (QED) is 0.566. The monoisotopic (exact) mass is 215 g/mol. The summed E-state index contributed by atoms with van der Waals surface area (Å²) in [7, 11) is 0. The fraction of sp³-hybridized carbons (Fsp3) is 0.182. The van der Waals surface area contributed by atoms with Crippen molar-refractivity contribution in [1.82, 2.24) is 15.0 Å². The zero-order valence-electron chi connectivity index (χ0n) is 8.65. The first-order chi connectivity index (χ1) is 7.81. The molecule has 0 saturated carbocycles. The van der Waals surface area contributed by atoms with Crippen molar-refractivity contribution in [3.8, 4) is 11.8 Å². The van der Waals surface area contributed by atoms with Gasteiger partial charge in [-0.1, -0.05) is 0 Å². The summed E-state index contributed by atoms with van der Waals surface area (Å²) in [5, 5.41) is 0.791. The standard InChI is InChI=1S/C11H9N3O2/c1-2-16-10(15)4-3-9-8-5-6-12-11(8)14-7-13-9/h5-7H,2H2,1H3,(H,12,13,14). The highest BCUT2D eigenvalue weighted by molar-refractivity contribution is 5.90. The molecular weight excluding hydrogens is 206 g/mol. The molecule has 2 aromatic rings. The summed E-state index contributed by atoms with van der Waals surface area (Å²) in [5.41, 5.74) is 1.21. The molecule has 0 amide bonds. The third-order valence-corrected chi connectivity index (χ3v) is 1.91. The van der Waals surface area contributed by atoms with E-state index >= 15 is 0 Å². The fourth-order valence-corrected chi connectivity index (χ4v) is 1.25. The smallest absolute Gasteiger partial charge is 0.384 e.